The second-order valence-electron chi connectivity index (χ2n) is 6.66. The minimum Gasteiger partial charge on any atom is -0.492 e. The Morgan fingerprint density at radius 2 is 1.88 bits per heavy atom. The van der Waals surface area contributed by atoms with Crippen molar-refractivity contribution in [2.75, 3.05) is 18.5 Å². The average Bonchev–Trinajstić information content (AvgIpc) is 2.65. The van der Waals surface area contributed by atoms with E-state index < -0.39 is 5.60 Å². The third-order valence-electron chi connectivity index (χ3n) is 4.23. The number of hydrogen-bond donors (Lipinski definition) is 1. The van der Waals surface area contributed by atoms with Crippen molar-refractivity contribution < 1.29 is 14.3 Å². The van der Waals surface area contributed by atoms with Crippen molar-refractivity contribution in [3.05, 3.63) is 23.8 Å². The van der Waals surface area contributed by atoms with Gasteiger partial charge in [-0.05, 0) is 44.4 Å². The molecule has 5 heteroatoms. The first-order valence-electron chi connectivity index (χ1n) is 9.63. The molecule has 1 aromatic carbocycles. The van der Waals surface area contributed by atoms with Crippen LogP contribution in [0.15, 0.2) is 18.2 Å². The maximum Gasteiger partial charge on any atom is 0.256 e. The summed E-state index contributed by atoms with van der Waals surface area (Å²) in [7, 11) is 0. The minimum atomic E-state index is -0.866. The molecule has 1 amide bonds. The van der Waals surface area contributed by atoms with E-state index in [1.807, 2.05) is 13.8 Å². The topological polar surface area (TPSA) is 71.3 Å². The Morgan fingerprint density at radius 1 is 1.15 bits per heavy atom. The smallest absolute Gasteiger partial charge is 0.256 e. The van der Waals surface area contributed by atoms with Gasteiger partial charge in [-0.15, -0.1) is 0 Å². The molecule has 0 saturated carbocycles. The van der Waals surface area contributed by atoms with Crippen LogP contribution in [-0.4, -0.2) is 24.7 Å². The van der Waals surface area contributed by atoms with E-state index in [1.54, 1.807) is 18.2 Å². The molecule has 0 unspecified atom stereocenters. The van der Waals surface area contributed by atoms with Crippen LogP contribution in [0.3, 0.4) is 0 Å². The molecule has 1 aromatic rings. The summed E-state index contributed by atoms with van der Waals surface area (Å²) in [6.07, 6.45) is 5.41. The van der Waals surface area contributed by atoms with Crippen molar-refractivity contribution in [2.45, 2.75) is 71.8 Å². The lowest BCUT2D eigenvalue weighted by atomic mass is 9.97. The van der Waals surface area contributed by atoms with Crippen molar-refractivity contribution in [1.29, 1.82) is 5.26 Å². The van der Waals surface area contributed by atoms with E-state index in [4.69, 9.17) is 9.47 Å². The van der Waals surface area contributed by atoms with Gasteiger partial charge in [-0.1, -0.05) is 40.0 Å². The third-order valence-corrected chi connectivity index (χ3v) is 4.23. The molecule has 5 nitrogen and oxygen atoms in total. The lowest BCUT2D eigenvalue weighted by Gasteiger charge is -2.28. The van der Waals surface area contributed by atoms with Crippen molar-refractivity contribution in [1.82, 2.24) is 0 Å². The average molecular weight is 360 g/mol. The lowest BCUT2D eigenvalue weighted by molar-refractivity contribution is -0.140. The Kier molecular flexibility index (Phi) is 9.75. The third kappa shape index (κ3) is 6.68. The molecule has 144 valence electrons. The second kappa shape index (κ2) is 11.5. The first-order valence-corrected chi connectivity index (χ1v) is 9.63. The molecule has 0 bridgehead atoms. The standard InChI is InChI=1S/C21H32N2O3/c1-5-8-12-21(4,26-13-7-3)20(24)23-18-10-11-19(17(15-18)16-22)25-14-9-6-2/h10-11,15H,5-9,12-14H2,1-4H3,(H,23,24)/t21-/m0/s1. The fourth-order valence-corrected chi connectivity index (χ4v) is 2.50. The van der Waals surface area contributed by atoms with Crippen LogP contribution < -0.4 is 10.1 Å². The summed E-state index contributed by atoms with van der Waals surface area (Å²) in [6, 6.07) is 7.29. The van der Waals surface area contributed by atoms with Crippen molar-refractivity contribution in [3.8, 4) is 11.8 Å². The van der Waals surface area contributed by atoms with E-state index >= 15 is 0 Å². The number of nitriles is 1. The van der Waals surface area contributed by atoms with Crippen LogP contribution in [-0.2, 0) is 9.53 Å². The molecule has 0 aliphatic carbocycles. The zero-order valence-electron chi connectivity index (χ0n) is 16.6. The van der Waals surface area contributed by atoms with Gasteiger partial charge in [0.15, 0.2) is 0 Å². The number of nitrogens with one attached hydrogen (secondary N) is 1. The quantitative estimate of drug-likeness (QED) is 0.529. The Bertz CT molecular complexity index is 600. The van der Waals surface area contributed by atoms with Gasteiger partial charge in [0.2, 0.25) is 0 Å². The number of ether oxygens (including phenoxy) is 2. The second-order valence-corrected chi connectivity index (χ2v) is 6.66. The lowest BCUT2D eigenvalue weighted by Crippen LogP contribution is -2.43. The van der Waals surface area contributed by atoms with E-state index in [1.165, 1.54) is 0 Å². The van der Waals surface area contributed by atoms with Crippen LogP contribution in [0, 0.1) is 11.3 Å². The molecule has 0 aliphatic heterocycles. The summed E-state index contributed by atoms with van der Waals surface area (Å²) in [4.78, 5) is 12.8. The zero-order valence-corrected chi connectivity index (χ0v) is 16.6. The Labute approximate surface area is 157 Å². The number of carbonyl (C=O) groups is 1. The Balaban J connectivity index is 2.87. The summed E-state index contributed by atoms with van der Waals surface area (Å²) in [5, 5.41) is 12.3. The number of benzene rings is 1. The first-order chi connectivity index (χ1) is 12.5. The Morgan fingerprint density at radius 3 is 2.50 bits per heavy atom. The summed E-state index contributed by atoms with van der Waals surface area (Å²) >= 11 is 0. The number of anilines is 1. The van der Waals surface area contributed by atoms with Gasteiger partial charge in [-0.25, -0.2) is 0 Å². The molecule has 0 spiro atoms. The number of nitrogens with zero attached hydrogens (tertiary/aromatic N) is 1. The highest BCUT2D eigenvalue weighted by molar-refractivity contribution is 5.97. The summed E-state index contributed by atoms with van der Waals surface area (Å²) in [5.74, 6) is 0.373. The molecule has 26 heavy (non-hydrogen) atoms. The van der Waals surface area contributed by atoms with Gasteiger partial charge in [0, 0.05) is 12.3 Å². The van der Waals surface area contributed by atoms with Gasteiger partial charge in [-0.2, -0.15) is 5.26 Å². The Hall–Kier alpha value is -2.06. The molecule has 1 N–H and O–H groups in total. The highest BCUT2D eigenvalue weighted by Crippen LogP contribution is 2.25. The van der Waals surface area contributed by atoms with Gasteiger partial charge in [0.05, 0.1) is 12.2 Å². The minimum absolute atomic E-state index is 0.178. The van der Waals surface area contributed by atoms with Gasteiger partial charge < -0.3 is 14.8 Å². The van der Waals surface area contributed by atoms with Gasteiger partial charge in [-0.3, -0.25) is 4.79 Å². The zero-order chi connectivity index (χ0) is 19.4. The van der Waals surface area contributed by atoms with Crippen LogP contribution >= 0.6 is 0 Å². The molecule has 0 radical (unpaired) electrons. The van der Waals surface area contributed by atoms with Gasteiger partial charge in [0.25, 0.3) is 5.91 Å². The molecule has 0 saturated heterocycles. The molecular formula is C21H32N2O3. The number of carbonyl (C=O) groups excluding carboxylic acids is 1. The van der Waals surface area contributed by atoms with E-state index in [-0.39, 0.29) is 5.91 Å². The summed E-state index contributed by atoms with van der Waals surface area (Å²) < 4.78 is 11.5. The monoisotopic (exact) mass is 360 g/mol. The van der Waals surface area contributed by atoms with Crippen LogP contribution in [0.4, 0.5) is 5.69 Å². The molecule has 0 aromatic heterocycles. The fraction of sp³-hybridized carbons (Fsp3) is 0.619. The highest BCUT2D eigenvalue weighted by Gasteiger charge is 2.33. The van der Waals surface area contributed by atoms with E-state index in [0.717, 1.165) is 32.1 Å². The largest absolute Gasteiger partial charge is 0.492 e. The fourth-order valence-electron chi connectivity index (χ4n) is 2.50. The van der Waals surface area contributed by atoms with Crippen LogP contribution in [0.5, 0.6) is 5.75 Å². The van der Waals surface area contributed by atoms with Gasteiger partial charge in [0.1, 0.15) is 17.4 Å². The number of unbranched alkanes of at least 4 members (excludes halogenated alkanes) is 2. The molecule has 0 heterocycles. The molecule has 1 atom stereocenters. The molecule has 1 rings (SSSR count). The van der Waals surface area contributed by atoms with Crippen molar-refractivity contribution in [2.24, 2.45) is 0 Å². The molecular weight excluding hydrogens is 328 g/mol. The number of rotatable bonds is 12. The predicted octanol–water partition coefficient (Wildman–Crippen LogP) is 5.05. The predicted molar refractivity (Wildman–Crippen MR) is 104 cm³/mol. The summed E-state index contributed by atoms with van der Waals surface area (Å²) in [5.41, 5.74) is 0.135. The maximum absolute atomic E-state index is 12.8. The van der Waals surface area contributed by atoms with Gasteiger partial charge >= 0.3 is 0 Å². The van der Waals surface area contributed by atoms with Crippen molar-refractivity contribution in [3.63, 3.8) is 0 Å². The van der Waals surface area contributed by atoms with E-state index in [2.05, 4.69) is 25.2 Å². The maximum atomic E-state index is 12.8. The SMILES string of the molecule is CCCCOc1ccc(NC(=O)[C@](C)(CCCC)OCCC)cc1C#N. The highest BCUT2D eigenvalue weighted by atomic mass is 16.5. The van der Waals surface area contributed by atoms with Crippen LogP contribution in [0.2, 0.25) is 0 Å². The first kappa shape index (κ1) is 22.0. The van der Waals surface area contributed by atoms with Crippen molar-refractivity contribution >= 4 is 11.6 Å². The van der Waals surface area contributed by atoms with E-state index in [0.29, 0.717) is 36.6 Å². The molecule has 0 fully saturated rings. The van der Waals surface area contributed by atoms with Crippen LogP contribution in [0.1, 0.15) is 71.8 Å². The number of hydrogen-bond acceptors (Lipinski definition) is 4. The van der Waals surface area contributed by atoms with E-state index in [9.17, 15) is 10.1 Å². The molecule has 0 aliphatic rings. The number of amides is 1. The van der Waals surface area contributed by atoms with Crippen LogP contribution in [0.25, 0.3) is 0 Å². The summed E-state index contributed by atoms with van der Waals surface area (Å²) in [6.45, 7) is 9.16. The normalized spacial score (nSPS) is 12.9.